The highest BCUT2D eigenvalue weighted by atomic mass is 16.5. The summed E-state index contributed by atoms with van der Waals surface area (Å²) >= 11 is 0. The van der Waals surface area contributed by atoms with E-state index in [-0.39, 0.29) is 0 Å². The lowest BCUT2D eigenvalue weighted by Crippen LogP contribution is -2.16. The van der Waals surface area contributed by atoms with Gasteiger partial charge in [-0.2, -0.15) is 0 Å². The minimum absolute atomic E-state index is 0.879. The molecule has 0 radical (unpaired) electrons. The first-order valence-electron chi connectivity index (χ1n) is 9.51. The molecule has 0 atom stereocenters. The van der Waals surface area contributed by atoms with Gasteiger partial charge in [0.2, 0.25) is 0 Å². The highest BCUT2D eigenvalue weighted by molar-refractivity contribution is 5.83. The van der Waals surface area contributed by atoms with Crippen molar-refractivity contribution in [2.24, 2.45) is 0 Å². The van der Waals surface area contributed by atoms with E-state index in [4.69, 9.17) is 4.74 Å². The summed E-state index contributed by atoms with van der Waals surface area (Å²) in [6.07, 6.45) is 11.1. The van der Waals surface area contributed by atoms with Crippen molar-refractivity contribution in [2.75, 3.05) is 33.1 Å². The zero-order valence-corrected chi connectivity index (χ0v) is 17.1. The number of ether oxygens (including phenoxy) is 1. The molecule has 0 bridgehead atoms. The molecule has 0 saturated heterocycles. The van der Waals surface area contributed by atoms with E-state index in [2.05, 4.69) is 105 Å². The average molecular weight is 373 g/mol. The maximum atomic E-state index is 5.84. The molecule has 0 aliphatic carbocycles. The van der Waals surface area contributed by atoms with E-state index in [9.17, 15) is 0 Å². The number of hydrogen-bond donors (Lipinski definition) is 0. The van der Waals surface area contributed by atoms with Crippen LogP contribution >= 0.6 is 0 Å². The van der Waals surface area contributed by atoms with Crippen LogP contribution in [0.3, 0.4) is 0 Å². The molecule has 2 aromatic carbocycles. The first-order valence-corrected chi connectivity index (χ1v) is 9.51. The third-order valence-electron chi connectivity index (χ3n) is 4.60. The van der Waals surface area contributed by atoms with Crippen molar-refractivity contribution in [2.45, 2.75) is 6.42 Å². The molecule has 3 rings (SSSR count). The second kappa shape index (κ2) is 9.14. The first-order chi connectivity index (χ1) is 13.6. The van der Waals surface area contributed by atoms with Crippen LogP contribution in [0.2, 0.25) is 0 Å². The Bertz CT molecular complexity index is 901. The summed E-state index contributed by atoms with van der Waals surface area (Å²) < 4.78 is 5.84. The zero-order valence-electron chi connectivity index (χ0n) is 17.1. The average Bonchev–Trinajstić information content (AvgIpc) is 2.72. The summed E-state index contributed by atoms with van der Waals surface area (Å²) in [5, 5.41) is 0. The fourth-order valence-electron chi connectivity index (χ4n) is 3.14. The van der Waals surface area contributed by atoms with E-state index in [1.165, 1.54) is 5.69 Å². The van der Waals surface area contributed by atoms with Gasteiger partial charge in [0.1, 0.15) is 5.76 Å². The summed E-state index contributed by atoms with van der Waals surface area (Å²) in [7, 11) is 8.22. The molecular weight excluding hydrogens is 344 g/mol. The number of benzene rings is 2. The quantitative estimate of drug-likeness (QED) is 0.618. The molecule has 0 fully saturated rings. The first kappa shape index (κ1) is 19.6. The number of likely N-dealkylation sites (N-methyl/N-ethyl adjacent to an activating group) is 1. The van der Waals surface area contributed by atoms with Gasteiger partial charge in [0, 0.05) is 39.5 Å². The topological polar surface area (TPSA) is 15.7 Å². The van der Waals surface area contributed by atoms with Gasteiger partial charge in [-0.05, 0) is 41.8 Å². The van der Waals surface area contributed by atoms with E-state index >= 15 is 0 Å². The molecule has 0 saturated carbocycles. The number of anilines is 1. The van der Waals surface area contributed by atoms with Crippen molar-refractivity contribution in [3.63, 3.8) is 0 Å². The molecular formula is C25H28N2O. The second-order valence-electron chi connectivity index (χ2n) is 7.14. The van der Waals surface area contributed by atoms with Crippen molar-refractivity contribution in [1.82, 2.24) is 4.90 Å². The summed E-state index contributed by atoms with van der Waals surface area (Å²) in [6.45, 7) is 0. The van der Waals surface area contributed by atoms with Crippen molar-refractivity contribution in [3.8, 4) is 0 Å². The van der Waals surface area contributed by atoms with Crippen LogP contribution in [0.15, 0.2) is 90.5 Å². The standard InChI is InChI=1S/C25H28N2O/c1-26(2)22-16-13-20(14-17-22)15-18-23(21-10-6-5-7-11-21)25(27(3)4)24-12-8-9-19-28-24/h5-7,9-19H,8H2,1-4H3. The van der Waals surface area contributed by atoms with Gasteiger partial charge < -0.3 is 14.5 Å². The Hall–Kier alpha value is -3.20. The molecule has 0 spiro atoms. The minimum atomic E-state index is 0.879. The van der Waals surface area contributed by atoms with Gasteiger partial charge in [-0.15, -0.1) is 0 Å². The van der Waals surface area contributed by atoms with Crippen molar-refractivity contribution in [3.05, 3.63) is 102 Å². The molecule has 0 aromatic heterocycles. The van der Waals surface area contributed by atoms with Crippen LogP contribution < -0.4 is 4.90 Å². The lowest BCUT2D eigenvalue weighted by Gasteiger charge is -2.24. The molecule has 2 aromatic rings. The van der Waals surface area contributed by atoms with Gasteiger partial charge in [0.05, 0.1) is 12.0 Å². The highest BCUT2D eigenvalue weighted by Crippen LogP contribution is 2.30. The Balaban J connectivity index is 2.05. The Morgan fingerprint density at radius 2 is 1.64 bits per heavy atom. The lowest BCUT2D eigenvalue weighted by atomic mass is 9.99. The van der Waals surface area contributed by atoms with Crippen LogP contribution in [0.5, 0.6) is 0 Å². The molecule has 28 heavy (non-hydrogen) atoms. The summed E-state index contributed by atoms with van der Waals surface area (Å²) in [5.41, 5.74) is 5.71. The van der Waals surface area contributed by atoms with Gasteiger partial charge in [-0.3, -0.25) is 0 Å². The minimum Gasteiger partial charge on any atom is -0.463 e. The molecule has 1 aliphatic rings. The third-order valence-corrected chi connectivity index (χ3v) is 4.60. The second-order valence-corrected chi connectivity index (χ2v) is 7.14. The molecule has 3 nitrogen and oxygen atoms in total. The molecule has 1 aliphatic heterocycles. The summed E-state index contributed by atoms with van der Waals surface area (Å²) in [5.74, 6) is 0.888. The van der Waals surface area contributed by atoms with Gasteiger partial charge in [0.25, 0.3) is 0 Å². The predicted octanol–water partition coefficient (Wildman–Crippen LogP) is 5.56. The van der Waals surface area contributed by atoms with Crippen LogP contribution in [-0.4, -0.2) is 33.1 Å². The summed E-state index contributed by atoms with van der Waals surface area (Å²) in [4.78, 5) is 4.22. The molecule has 0 N–H and O–H groups in total. The number of nitrogens with zero attached hydrogens (tertiary/aromatic N) is 2. The van der Waals surface area contributed by atoms with Gasteiger partial charge in [-0.1, -0.05) is 54.6 Å². The normalized spacial score (nSPS) is 14.4. The number of allylic oxidation sites excluding steroid dienone is 4. The smallest absolute Gasteiger partial charge is 0.146 e. The van der Waals surface area contributed by atoms with Crippen molar-refractivity contribution in [1.29, 1.82) is 0 Å². The lowest BCUT2D eigenvalue weighted by molar-refractivity contribution is 0.323. The van der Waals surface area contributed by atoms with E-state index in [1.54, 1.807) is 6.26 Å². The van der Waals surface area contributed by atoms with Crippen molar-refractivity contribution < 1.29 is 4.74 Å². The number of hydrogen-bond acceptors (Lipinski definition) is 3. The Morgan fingerprint density at radius 3 is 2.21 bits per heavy atom. The van der Waals surface area contributed by atoms with E-state index in [1.807, 2.05) is 12.1 Å². The fraction of sp³-hybridized carbons (Fsp3) is 0.200. The molecule has 0 unspecified atom stereocenters. The Kier molecular flexibility index (Phi) is 6.38. The largest absolute Gasteiger partial charge is 0.463 e. The van der Waals surface area contributed by atoms with E-state index in [0.717, 1.165) is 34.6 Å². The van der Waals surface area contributed by atoms with Gasteiger partial charge in [0.15, 0.2) is 0 Å². The maximum absolute atomic E-state index is 5.84. The SMILES string of the molecule is CN(C)C(C1=CCC=CO1)=C(C=Cc1ccc(N(C)C)cc1)c1ccccc1. The van der Waals surface area contributed by atoms with Gasteiger partial charge >= 0.3 is 0 Å². The highest BCUT2D eigenvalue weighted by Gasteiger charge is 2.16. The van der Waals surface area contributed by atoms with Crippen LogP contribution in [0.25, 0.3) is 11.6 Å². The zero-order chi connectivity index (χ0) is 19.9. The summed E-state index contributed by atoms with van der Waals surface area (Å²) in [6, 6.07) is 19.0. The molecule has 1 heterocycles. The fourth-order valence-corrected chi connectivity index (χ4v) is 3.14. The molecule has 144 valence electrons. The van der Waals surface area contributed by atoms with E-state index in [0.29, 0.717) is 0 Å². The predicted molar refractivity (Wildman–Crippen MR) is 120 cm³/mol. The molecule has 3 heteroatoms. The van der Waals surface area contributed by atoms with E-state index < -0.39 is 0 Å². The van der Waals surface area contributed by atoms with Crippen LogP contribution in [0.4, 0.5) is 5.69 Å². The maximum Gasteiger partial charge on any atom is 0.146 e. The van der Waals surface area contributed by atoms with Crippen LogP contribution in [0, 0.1) is 0 Å². The monoisotopic (exact) mass is 372 g/mol. The van der Waals surface area contributed by atoms with Crippen LogP contribution in [-0.2, 0) is 4.74 Å². The number of rotatable bonds is 6. The van der Waals surface area contributed by atoms with Crippen molar-refractivity contribution >= 4 is 17.3 Å². The molecule has 0 amide bonds. The van der Waals surface area contributed by atoms with Gasteiger partial charge in [-0.25, -0.2) is 0 Å². The third kappa shape index (κ3) is 4.74. The Labute approximate surface area is 168 Å². The van der Waals surface area contributed by atoms with Crippen LogP contribution in [0.1, 0.15) is 17.5 Å². The Morgan fingerprint density at radius 1 is 0.929 bits per heavy atom.